The first kappa shape index (κ1) is 13.8. The molecule has 7 nitrogen and oxygen atoms in total. The summed E-state index contributed by atoms with van der Waals surface area (Å²) in [5.74, 6) is -1.36. The number of carbonyl (C=O) groups excluding carboxylic acids is 2. The minimum Gasteiger partial charge on any atom is -0.481 e. The molecule has 0 saturated carbocycles. The van der Waals surface area contributed by atoms with Crippen molar-refractivity contribution in [2.45, 2.75) is 31.7 Å². The highest BCUT2D eigenvalue weighted by Gasteiger charge is 2.41. The molecule has 19 heavy (non-hydrogen) atoms. The van der Waals surface area contributed by atoms with Gasteiger partial charge in [-0.25, -0.2) is 0 Å². The molecule has 2 heterocycles. The van der Waals surface area contributed by atoms with Crippen LogP contribution in [0.15, 0.2) is 0 Å². The minimum atomic E-state index is -0.948. The summed E-state index contributed by atoms with van der Waals surface area (Å²) in [6.07, 6.45) is 1.59. The SMILES string of the molecule is O=C1CCC(C(=O)NCC2(C(=O)O)CCOCC2)N1. The number of aliphatic carboxylic acids is 1. The summed E-state index contributed by atoms with van der Waals surface area (Å²) < 4.78 is 5.16. The summed E-state index contributed by atoms with van der Waals surface area (Å²) in [6, 6.07) is -0.529. The number of amides is 2. The maximum Gasteiger partial charge on any atom is 0.311 e. The van der Waals surface area contributed by atoms with E-state index in [-0.39, 0.29) is 18.4 Å². The molecule has 1 atom stereocenters. The number of carboxylic acid groups (broad SMARTS) is 1. The molecule has 0 spiro atoms. The molecule has 0 aromatic rings. The van der Waals surface area contributed by atoms with Crippen molar-refractivity contribution < 1.29 is 24.2 Å². The van der Waals surface area contributed by atoms with Crippen LogP contribution in [-0.2, 0) is 19.1 Å². The van der Waals surface area contributed by atoms with Crippen molar-refractivity contribution in [1.82, 2.24) is 10.6 Å². The van der Waals surface area contributed by atoms with Gasteiger partial charge in [0.25, 0.3) is 0 Å². The average molecular weight is 270 g/mol. The molecule has 2 aliphatic rings. The number of hydrogen-bond donors (Lipinski definition) is 3. The van der Waals surface area contributed by atoms with Gasteiger partial charge in [-0.15, -0.1) is 0 Å². The molecule has 0 aromatic heterocycles. The number of carbonyl (C=O) groups is 3. The molecule has 2 fully saturated rings. The first-order valence-electron chi connectivity index (χ1n) is 6.42. The smallest absolute Gasteiger partial charge is 0.311 e. The molecule has 2 amide bonds. The van der Waals surface area contributed by atoms with Crippen molar-refractivity contribution in [3.05, 3.63) is 0 Å². The number of ether oxygens (including phenoxy) is 1. The van der Waals surface area contributed by atoms with Crippen LogP contribution in [0.4, 0.5) is 0 Å². The fraction of sp³-hybridized carbons (Fsp3) is 0.750. The average Bonchev–Trinajstić information content (AvgIpc) is 2.83. The van der Waals surface area contributed by atoms with E-state index < -0.39 is 17.4 Å². The van der Waals surface area contributed by atoms with Crippen LogP contribution < -0.4 is 10.6 Å². The lowest BCUT2D eigenvalue weighted by molar-refractivity contribution is -0.154. The Morgan fingerprint density at radius 2 is 2.11 bits per heavy atom. The highest BCUT2D eigenvalue weighted by molar-refractivity contribution is 5.91. The van der Waals surface area contributed by atoms with E-state index in [2.05, 4.69) is 10.6 Å². The molecule has 0 bridgehead atoms. The molecule has 0 radical (unpaired) electrons. The second-order valence-electron chi connectivity index (χ2n) is 5.07. The second kappa shape index (κ2) is 5.56. The summed E-state index contributed by atoms with van der Waals surface area (Å²) in [5, 5.41) is 14.5. The third-order valence-corrected chi connectivity index (χ3v) is 3.82. The molecule has 0 aliphatic carbocycles. The van der Waals surface area contributed by atoms with Gasteiger partial charge in [-0.05, 0) is 19.3 Å². The van der Waals surface area contributed by atoms with E-state index in [1.807, 2.05) is 0 Å². The van der Waals surface area contributed by atoms with Crippen LogP contribution in [0.2, 0.25) is 0 Å². The van der Waals surface area contributed by atoms with E-state index in [1.54, 1.807) is 0 Å². The maximum absolute atomic E-state index is 11.8. The van der Waals surface area contributed by atoms with Gasteiger partial charge < -0.3 is 20.5 Å². The van der Waals surface area contributed by atoms with Gasteiger partial charge in [-0.3, -0.25) is 14.4 Å². The van der Waals surface area contributed by atoms with Crippen molar-refractivity contribution in [3.8, 4) is 0 Å². The summed E-state index contributed by atoms with van der Waals surface area (Å²) in [6.45, 7) is 0.863. The molecule has 7 heteroatoms. The van der Waals surface area contributed by atoms with Gasteiger partial charge in [0.2, 0.25) is 11.8 Å². The van der Waals surface area contributed by atoms with E-state index in [0.717, 1.165) is 0 Å². The van der Waals surface area contributed by atoms with Crippen molar-refractivity contribution in [2.75, 3.05) is 19.8 Å². The first-order chi connectivity index (χ1) is 9.03. The Hall–Kier alpha value is -1.63. The van der Waals surface area contributed by atoms with Gasteiger partial charge >= 0.3 is 5.97 Å². The first-order valence-corrected chi connectivity index (χ1v) is 6.42. The van der Waals surface area contributed by atoms with Crippen molar-refractivity contribution in [3.63, 3.8) is 0 Å². The Labute approximate surface area is 110 Å². The third-order valence-electron chi connectivity index (χ3n) is 3.82. The Kier molecular flexibility index (Phi) is 4.04. The zero-order chi connectivity index (χ0) is 13.9. The van der Waals surface area contributed by atoms with E-state index in [4.69, 9.17) is 4.74 Å². The largest absolute Gasteiger partial charge is 0.481 e. The number of nitrogens with one attached hydrogen (secondary N) is 2. The molecule has 1 unspecified atom stereocenters. The van der Waals surface area contributed by atoms with Gasteiger partial charge in [-0.2, -0.15) is 0 Å². The van der Waals surface area contributed by atoms with Crippen LogP contribution in [0.25, 0.3) is 0 Å². The second-order valence-corrected chi connectivity index (χ2v) is 5.07. The van der Waals surface area contributed by atoms with E-state index in [9.17, 15) is 19.5 Å². The third kappa shape index (κ3) is 3.04. The lowest BCUT2D eigenvalue weighted by atomic mass is 9.80. The van der Waals surface area contributed by atoms with E-state index >= 15 is 0 Å². The zero-order valence-electron chi connectivity index (χ0n) is 10.6. The van der Waals surface area contributed by atoms with Crippen molar-refractivity contribution in [2.24, 2.45) is 5.41 Å². The summed E-state index contributed by atoms with van der Waals surface area (Å²) in [5.41, 5.74) is -0.948. The summed E-state index contributed by atoms with van der Waals surface area (Å²) in [4.78, 5) is 34.3. The normalized spacial score (nSPS) is 25.7. The predicted molar refractivity (Wildman–Crippen MR) is 64.3 cm³/mol. The Bertz CT molecular complexity index is 390. The minimum absolute atomic E-state index is 0.0803. The quantitative estimate of drug-likeness (QED) is 0.624. The molecular weight excluding hydrogens is 252 g/mol. The van der Waals surface area contributed by atoms with E-state index in [0.29, 0.717) is 38.9 Å². The van der Waals surface area contributed by atoms with Crippen molar-refractivity contribution >= 4 is 17.8 Å². The van der Waals surface area contributed by atoms with Crippen LogP contribution in [0, 0.1) is 5.41 Å². The van der Waals surface area contributed by atoms with E-state index in [1.165, 1.54) is 0 Å². The zero-order valence-corrected chi connectivity index (χ0v) is 10.6. The standard InChI is InChI=1S/C12H18N2O5/c15-9-2-1-8(14-9)10(16)13-7-12(11(17)18)3-5-19-6-4-12/h8H,1-7H2,(H,13,16)(H,14,15)(H,17,18). The van der Waals surface area contributed by atoms with Gasteiger partial charge in [0.1, 0.15) is 6.04 Å². The molecule has 3 N–H and O–H groups in total. The lowest BCUT2D eigenvalue weighted by Gasteiger charge is -2.33. The van der Waals surface area contributed by atoms with Gasteiger partial charge in [0, 0.05) is 26.2 Å². The summed E-state index contributed by atoms with van der Waals surface area (Å²) in [7, 11) is 0. The Morgan fingerprint density at radius 3 is 2.63 bits per heavy atom. The highest BCUT2D eigenvalue weighted by atomic mass is 16.5. The maximum atomic E-state index is 11.8. The molecular formula is C12H18N2O5. The van der Waals surface area contributed by atoms with Crippen LogP contribution >= 0.6 is 0 Å². The molecule has 2 rings (SSSR count). The molecule has 106 valence electrons. The molecule has 0 aromatic carbocycles. The monoisotopic (exact) mass is 270 g/mol. The Balaban J connectivity index is 1.90. The number of carboxylic acids is 1. The van der Waals surface area contributed by atoms with Gasteiger partial charge in [-0.1, -0.05) is 0 Å². The van der Waals surface area contributed by atoms with Crippen LogP contribution in [0.1, 0.15) is 25.7 Å². The number of rotatable bonds is 4. The fourth-order valence-corrected chi connectivity index (χ4v) is 2.42. The van der Waals surface area contributed by atoms with Gasteiger partial charge in [0.15, 0.2) is 0 Å². The topological polar surface area (TPSA) is 105 Å². The number of hydrogen-bond acceptors (Lipinski definition) is 4. The fourth-order valence-electron chi connectivity index (χ4n) is 2.42. The lowest BCUT2D eigenvalue weighted by Crippen LogP contribution is -2.50. The molecule has 2 aliphatic heterocycles. The van der Waals surface area contributed by atoms with Crippen LogP contribution in [0.5, 0.6) is 0 Å². The van der Waals surface area contributed by atoms with Crippen LogP contribution in [-0.4, -0.2) is 48.7 Å². The Morgan fingerprint density at radius 1 is 1.42 bits per heavy atom. The van der Waals surface area contributed by atoms with Gasteiger partial charge in [0.05, 0.1) is 5.41 Å². The highest BCUT2D eigenvalue weighted by Crippen LogP contribution is 2.30. The van der Waals surface area contributed by atoms with Crippen LogP contribution in [0.3, 0.4) is 0 Å². The predicted octanol–water partition coefficient (Wildman–Crippen LogP) is -0.737. The molecule has 2 saturated heterocycles. The summed E-state index contributed by atoms with van der Waals surface area (Å²) >= 11 is 0. The van der Waals surface area contributed by atoms with Crippen molar-refractivity contribution in [1.29, 1.82) is 0 Å².